The third-order valence-electron chi connectivity index (χ3n) is 5.90. The van der Waals surface area contributed by atoms with Gasteiger partial charge in [-0.2, -0.15) is 0 Å². The lowest BCUT2D eigenvalue weighted by atomic mass is 9.88. The minimum absolute atomic E-state index is 0.314. The average molecular weight is 592 g/mol. The normalized spacial score (nSPS) is 14.0. The Morgan fingerprint density at radius 1 is 1.02 bits per heavy atom. The first kappa shape index (κ1) is 37.6. The van der Waals surface area contributed by atoms with Crippen LogP contribution in [-0.2, 0) is 27.3 Å². The van der Waals surface area contributed by atoms with Gasteiger partial charge < -0.3 is 26.6 Å². The van der Waals surface area contributed by atoms with Gasteiger partial charge in [-0.1, -0.05) is 53.0 Å². The highest BCUT2D eigenvalue weighted by Crippen LogP contribution is 2.25. The predicted molar refractivity (Wildman–Crippen MR) is 165 cm³/mol. The summed E-state index contributed by atoms with van der Waals surface area (Å²) in [5.41, 5.74) is 11.9. The minimum atomic E-state index is -1.03. The molecule has 5 N–H and O–H groups in total. The fraction of sp³-hybridized carbons (Fsp3) is 0.586. The zero-order valence-corrected chi connectivity index (χ0v) is 26.8. The number of nitrogens with two attached hydrogens (primary N) is 2. The van der Waals surface area contributed by atoms with Crippen LogP contribution < -0.4 is 16.8 Å². The topological polar surface area (TPSA) is 165 Å². The molecule has 12 heteroatoms. The van der Waals surface area contributed by atoms with Gasteiger partial charge in [0.05, 0.1) is 5.69 Å². The van der Waals surface area contributed by atoms with Gasteiger partial charge in [0.25, 0.3) is 5.91 Å². The van der Waals surface area contributed by atoms with E-state index in [0.717, 1.165) is 43.6 Å². The van der Waals surface area contributed by atoms with Crippen LogP contribution in [0.25, 0.3) is 0 Å². The molecule has 0 atom stereocenters. The third kappa shape index (κ3) is 14.2. The highest BCUT2D eigenvalue weighted by molar-refractivity contribution is 7.13. The summed E-state index contributed by atoms with van der Waals surface area (Å²) in [6.45, 7) is 11.8. The SMILES string of the molecule is CC.CC.CN(C)C(=O)C1CCCCC1.CN1CCc2nc(C(N)=O)sc2C1.Cc1ccc(NC(=O)C(N)=O)nc1. The summed E-state index contributed by atoms with van der Waals surface area (Å²) in [5.74, 6) is -1.33. The van der Waals surface area contributed by atoms with Crippen molar-refractivity contribution in [1.29, 1.82) is 0 Å². The second-order valence-electron chi connectivity index (χ2n) is 9.35. The van der Waals surface area contributed by atoms with Crippen LogP contribution in [0.4, 0.5) is 5.82 Å². The number of aromatic nitrogens is 2. The van der Waals surface area contributed by atoms with Gasteiger partial charge >= 0.3 is 11.8 Å². The van der Waals surface area contributed by atoms with E-state index in [2.05, 4.69) is 27.2 Å². The number of thiazole rings is 1. The van der Waals surface area contributed by atoms with E-state index < -0.39 is 17.7 Å². The highest BCUT2D eigenvalue weighted by Gasteiger charge is 2.22. The smallest absolute Gasteiger partial charge is 0.314 e. The molecule has 41 heavy (non-hydrogen) atoms. The van der Waals surface area contributed by atoms with Crippen molar-refractivity contribution in [2.75, 3.05) is 33.0 Å². The predicted octanol–water partition coefficient (Wildman–Crippen LogP) is 3.75. The number of hydrogen-bond acceptors (Lipinski definition) is 8. The molecule has 0 unspecified atom stereocenters. The van der Waals surface area contributed by atoms with Gasteiger partial charge in [0.2, 0.25) is 5.91 Å². The number of aryl methyl sites for hydroxylation is 1. The van der Waals surface area contributed by atoms with Crippen LogP contribution in [0.5, 0.6) is 0 Å². The Morgan fingerprint density at radius 2 is 1.63 bits per heavy atom. The summed E-state index contributed by atoms with van der Waals surface area (Å²) in [4.78, 5) is 56.6. The summed E-state index contributed by atoms with van der Waals surface area (Å²) >= 11 is 1.42. The Bertz CT molecular complexity index is 1080. The van der Waals surface area contributed by atoms with Crippen molar-refractivity contribution in [3.05, 3.63) is 39.5 Å². The van der Waals surface area contributed by atoms with E-state index in [-0.39, 0.29) is 0 Å². The molecule has 3 heterocycles. The lowest BCUT2D eigenvalue weighted by molar-refractivity contribution is -0.134. The number of amides is 4. The van der Waals surface area contributed by atoms with Gasteiger partial charge in [-0.25, -0.2) is 9.97 Å². The number of carbonyl (C=O) groups is 4. The summed E-state index contributed by atoms with van der Waals surface area (Å²) in [6.07, 6.45) is 8.52. The summed E-state index contributed by atoms with van der Waals surface area (Å²) < 4.78 is 0. The number of hydrogen-bond donors (Lipinski definition) is 3. The average Bonchev–Trinajstić information content (AvgIpc) is 3.41. The van der Waals surface area contributed by atoms with Gasteiger partial charge in [0, 0.05) is 50.6 Å². The minimum Gasteiger partial charge on any atom is -0.364 e. The molecule has 230 valence electrons. The van der Waals surface area contributed by atoms with Gasteiger partial charge in [0.1, 0.15) is 5.82 Å². The van der Waals surface area contributed by atoms with E-state index in [4.69, 9.17) is 11.5 Å². The van der Waals surface area contributed by atoms with Crippen molar-refractivity contribution in [1.82, 2.24) is 19.8 Å². The van der Waals surface area contributed by atoms with Crippen LogP contribution in [0, 0.1) is 12.8 Å². The fourth-order valence-corrected chi connectivity index (χ4v) is 4.90. The van der Waals surface area contributed by atoms with Crippen LogP contribution in [-0.4, -0.2) is 71.1 Å². The molecule has 0 radical (unpaired) electrons. The van der Waals surface area contributed by atoms with Gasteiger partial charge in [0.15, 0.2) is 5.01 Å². The Balaban J connectivity index is 0.000000553. The number of anilines is 1. The molecule has 4 amide bonds. The number of primary amides is 2. The van der Waals surface area contributed by atoms with E-state index in [1.165, 1.54) is 35.5 Å². The Kier molecular flexibility index (Phi) is 18.8. The Labute approximate surface area is 249 Å². The standard InChI is InChI=1S/C9H17NO.C8H9N3O2.C8H11N3OS.2C2H6/c1-10(2)9(11)8-6-4-3-5-7-8;1-5-2-3-6(10-4-5)11-8(13)7(9)12;1-11-3-2-5-6(4-11)13-8(10-5)7(9)12;2*1-2/h8H,3-7H2,1-2H3;2-4H,1H3,(H2,9,12)(H,10,11,13);2-4H2,1H3,(H2,9,12);2*1-2H3. The van der Waals surface area contributed by atoms with E-state index in [9.17, 15) is 19.2 Å². The molecule has 0 bridgehead atoms. The van der Waals surface area contributed by atoms with Crippen molar-refractivity contribution >= 4 is 40.8 Å². The zero-order chi connectivity index (χ0) is 31.5. The van der Waals surface area contributed by atoms with Crippen LogP contribution in [0.15, 0.2) is 18.3 Å². The molecule has 1 saturated carbocycles. The Hall–Kier alpha value is -3.38. The highest BCUT2D eigenvalue weighted by atomic mass is 32.1. The van der Waals surface area contributed by atoms with Crippen LogP contribution >= 0.6 is 11.3 Å². The molecular formula is C29H49N7O4S. The molecule has 0 aromatic carbocycles. The largest absolute Gasteiger partial charge is 0.364 e. The number of fused-ring (bicyclic) bond motifs is 1. The molecule has 0 saturated heterocycles. The van der Waals surface area contributed by atoms with Crippen LogP contribution in [0.2, 0.25) is 0 Å². The first-order chi connectivity index (χ1) is 19.5. The second-order valence-corrected chi connectivity index (χ2v) is 10.4. The lowest BCUT2D eigenvalue weighted by Crippen LogP contribution is -2.30. The van der Waals surface area contributed by atoms with E-state index >= 15 is 0 Å². The van der Waals surface area contributed by atoms with Crippen molar-refractivity contribution in [3.63, 3.8) is 0 Å². The zero-order valence-electron chi connectivity index (χ0n) is 26.0. The number of nitrogens with zero attached hydrogens (tertiary/aromatic N) is 4. The maximum Gasteiger partial charge on any atom is 0.314 e. The van der Waals surface area contributed by atoms with Gasteiger partial charge in [-0.15, -0.1) is 11.3 Å². The van der Waals surface area contributed by atoms with Gasteiger partial charge in [-0.3, -0.25) is 19.2 Å². The number of likely N-dealkylation sites (N-methyl/N-ethyl adjacent to an activating group) is 1. The second kappa shape index (κ2) is 20.5. The van der Waals surface area contributed by atoms with E-state index in [1.807, 2.05) is 48.7 Å². The lowest BCUT2D eigenvalue weighted by Gasteiger charge is -2.23. The first-order valence-electron chi connectivity index (χ1n) is 14.2. The number of rotatable bonds is 3. The monoisotopic (exact) mass is 591 g/mol. The molecule has 2 aliphatic rings. The van der Waals surface area contributed by atoms with Crippen LogP contribution in [0.1, 0.15) is 85.7 Å². The molecule has 11 nitrogen and oxygen atoms in total. The van der Waals surface area contributed by atoms with Crippen molar-refractivity contribution < 1.29 is 19.2 Å². The Morgan fingerprint density at radius 3 is 2.12 bits per heavy atom. The molecule has 0 spiro atoms. The molecule has 2 aromatic rings. The fourth-order valence-electron chi connectivity index (χ4n) is 3.86. The van der Waals surface area contributed by atoms with Crippen molar-refractivity contribution in [3.8, 4) is 0 Å². The molecule has 4 rings (SSSR count). The summed E-state index contributed by atoms with van der Waals surface area (Å²) in [7, 11) is 5.75. The molecule has 1 aliphatic heterocycles. The van der Waals surface area contributed by atoms with Gasteiger partial charge in [-0.05, 0) is 38.4 Å². The van der Waals surface area contributed by atoms with E-state index in [0.29, 0.717) is 22.7 Å². The van der Waals surface area contributed by atoms with Crippen molar-refractivity contribution in [2.24, 2.45) is 17.4 Å². The molecular weight excluding hydrogens is 542 g/mol. The molecule has 1 aliphatic carbocycles. The van der Waals surface area contributed by atoms with Crippen molar-refractivity contribution in [2.45, 2.75) is 79.7 Å². The summed E-state index contributed by atoms with van der Waals surface area (Å²) in [5, 5.41) is 2.69. The third-order valence-corrected chi connectivity index (χ3v) is 7.00. The molecule has 2 aromatic heterocycles. The maximum atomic E-state index is 11.4. The number of carbonyl (C=O) groups excluding carboxylic acids is 4. The molecule has 1 fully saturated rings. The van der Waals surface area contributed by atoms with Crippen LogP contribution in [0.3, 0.4) is 0 Å². The quantitative estimate of drug-likeness (QED) is 0.457. The van der Waals surface area contributed by atoms with E-state index in [1.54, 1.807) is 23.2 Å². The number of nitrogens with one attached hydrogen (secondary N) is 1. The number of pyridine rings is 1. The first-order valence-corrected chi connectivity index (χ1v) is 15.0. The summed E-state index contributed by atoms with van der Waals surface area (Å²) in [6, 6.07) is 3.36. The maximum absolute atomic E-state index is 11.4.